The number of phenolic OH excluding ortho intramolecular Hbond substituents is 1. The zero-order valence-electron chi connectivity index (χ0n) is 10.7. The zero-order chi connectivity index (χ0) is 12.8. The highest BCUT2D eigenvalue weighted by molar-refractivity contribution is 5.78. The van der Waals surface area contributed by atoms with Crippen molar-refractivity contribution >= 4 is 5.91 Å². The third kappa shape index (κ3) is 4.06. The molecule has 1 amide bonds. The van der Waals surface area contributed by atoms with E-state index < -0.39 is 0 Å². The molecule has 0 heterocycles. The fourth-order valence-electron chi connectivity index (χ4n) is 2.63. The van der Waals surface area contributed by atoms with Gasteiger partial charge in [-0.15, -0.1) is 0 Å². The highest BCUT2D eigenvalue weighted by Gasteiger charge is 2.14. The van der Waals surface area contributed by atoms with Crippen molar-refractivity contribution < 1.29 is 9.90 Å². The number of carbonyl (C=O) groups is 1. The van der Waals surface area contributed by atoms with Crippen LogP contribution in [0, 0.1) is 5.92 Å². The van der Waals surface area contributed by atoms with Crippen LogP contribution in [0.1, 0.15) is 37.7 Å². The van der Waals surface area contributed by atoms with Gasteiger partial charge in [0.05, 0.1) is 6.42 Å². The summed E-state index contributed by atoms with van der Waals surface area (Å²) < 4.78 is 0. The molecule has 0 aromatic heterocycles. The third-order valence-corrected chi connectivity index (χ3v) is 3.62. The van der Waals surface area contributed by atoms with E-state index in [9.17, 15) is 9.90 Å². The maximum atomic E-state index is 11.7. The molecule has 0 radical (unpaired) electrons. The van der Waals surface area contributed by atoms with Crippen LogP contribution in [0.15, 0.2) is 24.3 Å². The van der Waals surface area contributed by atoms with E-state index in [1.54, 1.807) is 18.2 Å². The number of nitrogens with one attached hydrogen (secondary N) is 1. The smallest absolute Gasteiger partial charge is 0.224 e. The van der Waals surface area contributed by atoms with Crippen LogP contribution in [0.4, 0.5) is 0 Å². The number of carbonyl (C=O) groups excluding carboxylic acids is 1. The summed E-state index contributed by atoms with van der Waals surface area (Å²) in [5, 5.41) is 12.3. The molecule has 1 saturated carbocycles. The van der Waals surface area contributed by atoms with Crippen molar-refractivity contribution in [3.8, 4) is 5.75 Å². The summed E-state index contributed by atoms with van der Waals surface area (Å²) in [5.41, 5.74) is 0.855. The van der Waals surface area contributed by atoms with Gasteiger partial charge >= 0.3 is 0 Å². The van der Waals surface area contributed by atoms with Crippen molar-refractivity contribution in [2.24, 2.45) is 5.92 Å². The Hall–Kier alpha value is -1.51. The van der Waals surface area contributed by atoms with Gasteiger partial charge in [-0.3, -0.25) is 4.79 Å². The van der Waals surface area contributed by atoms with Crippen molar-refractivity contribution in [2.75, 3.05) is 6.54 Å². The maximum Gasteiger partial charge on any atom is 0.224 e. The SMILES string of the molecule is O=C(Cc1cccc(O)c1)NCCC1CCCC1. The molecule has 0 spiro atoms. The minimum Gasteiger partial charge on any atom is -0.508 e. The Balaban J connectivity index is 1.68. The van der Waals surface area contributed by atoms with Crippen LogP contribution >= 0.6 is 0 Å². The molecule has 18 heavy (non-hydrogen) atoms. The summed E-state index contributed by atoms with van der Waals surface area (Å²) >= 11 is 0. The van der Waals surface area contributed by atoms with E-state index in [4.69, 9.17) is 0 Å². The van der Waals surface area contributed by atoms with Crippen LogP contribution in [0.3, 0.4) is 0 Å². The third-order valence-electron chi connectivity index (χ3n) is 3.62. The Kier molecular flexibility index (Phi) is 4.62. The Morgan fingerprint density at radius 3 is 2.83 bits per heavy atom. The topological polar surface area (TPSA) is 49.3 Å². The summed E-state index contributed by atoms with van der Waals surface area (Å²) in [6.07, 6.45) is 6.79. The van der Waals surface area contributed by atoms with Crippen molar-refractivity contribution in [2.45, 2.75) is 38.5 Å². The maximum absolute atomic E-state index is 11.7. The largest absolute Gasteiger partial charge is 0.508 e. The number of phenols is 1. The summed E-state index contributed by atoms with van der Waals surface area (Å²) in [4.78, 5) is 11.7. The monoisotopic (exact) mass is 247 g/mol. The predicted molar refractivity (Wildman–Crippen MR) is 71.4 cm³/mol. The van der Waals surface area contributed by atoms with Gasteiger partial charge in [-0.1, -0.05) is 37.8 Å². The van der Waals surface area contributed by atoms with Crippen LogP contribution in [-0.4, -0.2) is 17.6 Å². The summed E-state index contributed by atoms with van der Waals surface area (Å²) in [6, 6.07) is 6.87. The lowest BCUT2D eigenvalue weighted by Crippen LogP contribution is -2.27. The van der Waals surface area contributed by atoms with Gasteiger partial charge in [0, 0.05) is 6.54 Å². The van der Waals surface area contributed by atoms with Gasteiger partial charge in [0.2, 0.25) is 5.91 Å². The second-order valence-corrected chi connectivity index (χ2v) is 5.14. The summed E-state index contributed by atoms with van der Waals surface area (Å²) in [5.74, 6) is 1.07. The average Bonchev–Trinajstić information content (AvgIpc) is 2.82. The lowest BCUT2D eigenvalue weighted by atomic mass is 10.0. The number of benzene rings is 1. The van der Waals surface area contributed by atoms with Gasteiger partial charge < -0.3 is 10.4 Å². The standard InChI is InChI=1S/C15H21NO2/c17-14-7-3-6-13(10-14)11-15(18)16-9-8-12-4-1-2-5-12/h3,6-7,10,12,17H,1-2,4-5,8-9,11H2,(H,16,18). The number of hydrogen-bond donors (Lipinski definition) is 2. The van der Waals surface area contributed by atoms with Crippen molar-refractivity contribution in [1.29, 1.82) is 0 Å². The molecule has 2 N–H and O–H groups in total. The molecule has 0 unspecified atom stereocenters. The van der Waals surface area contributed by atoms with E-state index in [0.29, 0.717) is 6.42 Å². The normalized spacial score (nSPS) is 15.8. The molecule has 0 atom stereocenters. The molecule has 98 valence electrons. The fourth-order valence-corrected chi connectivity index (χ4v) is 2.63. The molecule has 0 saturated heterocycles. The minimum absolute atomic E-state index is 0.0404. The number of amides is 1. The van der Waals surface area contributed by atoms with Gasteiger partial charge in [0.25, 0.3) is 0 Å². The molecule has 1 aromatic carbocycles. The van der Waals surface area contributed by atoms with Crippen LogP contribution < -0.4 is 5.32 Å². The first kappa shape index (κ1) is 12.9. The van der Waals surface area contributed by atoms with E-state index >= 15 is 0 Å². The Morgan fingerprint density at radius 1 is 1.33 bits per heavy atom. The molecular formula is C15H21NO2. The van der Waals surface area contributed by atoms with E-state index in [1.807, 2.05) is 6.07 Å². The van der Waals surface area contributed by atoms with Crippen molar-refractivity contribution in [1.82, 2.24) is 5.32 Å². The zero-order valence-corrected chi connectivity index (χ0v) is 10.7. The fraction of sp³-hybridized carbons (Fsp3) is 0.533. The second-order valence-electron chi connectivity index (χ2n) is 5.14. The number of hydrogen-bond acceptors (Lipinski definition) is 2. The highest BCUT2D eigenvalue weighted by atomic mass is 16.3. The molecule has 1 aliphatic rings. The van der Waals surface area contributed by atoms with Crippen LogP contribution in [0.2, 0.25) is 0 Å². The Labute approximate surface area is 108 Å². The average molecular weight is 247 g/mol. The number of aromatic hydroxyl groups is 1. The molecule has 2 rings (SSSR count). The Bertz CT molecular complexity index is 397. The van der Waals surface area contributed by atoms with Crippen molar-refractivity contribution in [3.63, 3.8) is 0 Å². The molecule has 3 heteroatoms. The predicted octanol–water partition coefficient (Wildman–Crippen LogP) is 2.63. The van der Waals surface area contributed by atoms with Crippen LogP contribution in [0.25, 0.3) is 0 Å². The lowest BCUT2D eigenvalue weighted by Gasteiger charge is -2.09. The lowest BCUT2D eigenvalue weighted by molar-refractivity contribution is -0.120. The van der Waals surface area contributed by atoms with Gasteiger partial charge in [0.15, 0.2) is 0 Å². The van der Waals surface area contributed by atoms with E-state index in [2.05, 4.69) is 5.32 Å². The van der Waals surface area contributed by atoms with E-state index in [0.717, 1.165) is 24.4 Å². The molecule has 1 aliphatic carbocycles. The van der Waals surface area contributed by atoms with E-state index in [-0.39, 0.29) is 11.7 Å². The Morgan fingerprint density at radius 2 is 2.11 bits per heavy atom. The second kappa shape index (κ2) is 6.43. The summed E-state index contributed by atoms with van der Waals surface area (Å²) in [7, 11) is 0. The minimum atomic E-state index is 0.0404. The molecule has 1 fully saturated rings. The van der Waals surface area contributed by atoms with Crippen LogP contribution in [0.5, 0.6) is 5.75 Å². The van der Waals surface area contributed by atoms with Crippen molar-refractivity contribution in [3.05, 3.63) is 29.8 Å². The number of rotatable bonds is 5. The summed E-state index contributed by atoms with van der Waals surface area (Å²) in [6.45, 7) is 0.780. The van der Waals surface area contributed by atoms with Gasteiger partial charge in [-0.25, -0.2) is 0 Å². The molecule has 1 aromatic rings. The van der Waals surface area contributed by atoms with Gasteiger partial charge in [-0.2, -0.15) is 0 Å². The van der Waals surface area contributed by atoms with E-state index in [1.165, 1.54) is 25.7 Å². The quantitative estimate of drug-likeness (QED) is 0.840. The van der Waals surface area contributed by atoms with Gasteiger partial charge in [0.1, 0.15) is 5.75 Å². The highest BCUT2D eigenvalue weighted by Crippen LogP contribution is 2.26. The first-order chi connectivity index (χ1) is 8.74. The van der Waals surface area contributed by atoms with Gasteiger partial charge in [-0.05, 0) is 30.0 Å². The first-order valence-corrected chi connectivity index (χ1v) is 6.78. The molecule has 3 nitrogen and oxygen atoms in total. The molecule has 0 bridgehead atoms. The van der Waals surface area contributed by atoms with Crippen LogP contribution in [-0.2, 0) is 11.2 Å². The first-order valence-electron chi connectivity index (χ1n) is 6.78. The molecular weight excluding hydrogens is 226 g/mol. The molecule has 0 aliphatic heterocycles.